The van der Waals surface area contributed by atoms with Crippen LogP contribution in [0.2, 0.25) is 0 Å². The van der Waals surface area contributed by atoms with Crippen LogP contribution < -0.4 is 5.32 Å². The average molecular weight is 188 g/mol. The van der Waals surface area contributed by atoms with Gasteiger partial charge in [-0.15, -0.1) is 12.4 Å². The van der Waals surface area contributed by atoms with Crippen LogP contribution in [0.5, 0.6) is 0 Å². The predicted molar refractivity (Wildman–Crippen MR) is 51.9 cm³/mol. The van der Waals surface area contributed by atoms with E-state index in [1.165, 1.54) is 0 Å². The van der Waals surface area contributed by atoms with E-state index >= 15 is 0 Å². The number of fused-ring (bicyclic) bond motifs is 1. The number of hydrogen-bond donors (Lipinski definition) is 1. The molecule has 0 bridgehead atoms. The SMILES string of the molecule is C[C@@H]1C[C@H](C)n2nccc2N1.Cl. The Morgan fingerprint density at radius 2 is 2.33 bits per heavy atom. The van der Waals surface area contributed by atoms with E-state index in [1.54, 1.807) is 0 Å². The Morgan fingerprint density at radius 1 is 1.58 bits per heavy atom. The Balaban J connectivity index is 0.000000720. The summed E-state index contributed by atoms with van der Waals surface area (Å²) in [6.45, 7) is 4.40. The number of hydrogen-bond acceptors (Lipinski definition) is 2. The van der Waals surface area contributed by atoms with Crippen LogP contribution in [0.3, 0.4) is 0 Å². The molecular formula is C8H14ClN3. The zero-order valence-electron chi connectivity index (χ0n) is 7.32. The molecule has 1 aromatic rings. The highest BCUT2D eigenvalue weighted by molar-refractivity contribution is 5.85. The highest BCUT2D eigenvalue weighted by Gasteiger charge is 2.19. The van der Waals surface area contributed by atoms with Gasteiger partial charge in [-0.05, 0) is 20.3 Å². The van der Waals surface area contributed by atoms with Gasteiger partial charge in [-0.25, -0.2) is 4.68 Å². The van der Waals surface area contributed by atoms with E-state index in [0.29, 0.717) is 12.1 Å². The molecule has 0 spiro atoms. The Morgan fingerprint density at radius 3 is 3.08 bits per heavy atom. The summed E-state index contributed by atoms with van der Waals surface area (Å²) in [5.41, 5.74) is 0. The van der Waals surface area contributed by atoms with E-state index in [1.807, 2.05) is 16.9 Å². The maximum absolute atomic E-state index is 4.23. The summed E-state index contributed by atoms with van der Waals surface area (Å²) in [6.07, 6.45) is 3.01. The third-order valence-corrected chi connectivity index (χ3v) is 2.18. The lowest BCUT2D eigenvalue weighted by molar-refractivity contribution is 0.414. The Labute approximate surface area is 78.6 Å². The van der Waals surface area contributed by atoms with Crippen LogP contribution in [0.4, 0.5) is 5.82 Å². The second-order valence-corrected chi connectivity index (χ2v) is 3.29. The topological polar surface area (TPSA) is 29.9 Å². The summed E-state index contributed by atoms with van der Waals surface area (Å²) in [5, 5.41) is 7.60. The van der Waals surface area contributed by atoms with Gasteiger partial charge in [-0.3, -0.25) is 0 Å². The standard InChI is InChI=1S/C8H13N3.ClH/c1-6-5-7(2)11-8(10-6)3-4-9-11;/h3-4,6-7,10H,5H2,1-2H3;1H/t6-,7+;/m1./s1. The molecule has 2 rings (SSSR count). The van der Waals surface area contributed by atoms with Crippen molar-refractivity contribution in [2.45, 2.75) is 32.4 Å². The Bertz CT molecular complexity index is 259. The fraction of sp³-hybridized carbons (Fsp3) is 0.625. The zero-order valence-corrected chi connectivity index (χ0v) is 8.14. The molecule has 0 radical (unpaired) electrons. The minimum absolute atomic E-state index is 0. The quantitative estimate of drug-likeness (QED) is 0.674. The second-order valence-electron chi connectivity index (χ2n) is 3.29. The van der Waals surface area contributed by atoms with Crippen LogP contribution in [0.25, 0.3) is 0 Å². The summed E-state index contributed by atoms with van der Waals surface area (Å²) in [4.78, 5) is 0. The monoisotopic (exact) mass is 187 g/mol. The highest BCUT2D eigenvalue weighted by Crippen LogP contribution is 2.24. The molecule has 0 fully saturated rings. The van der Waals surface area contributed by atoms with Crippen molar-refractivity contribution >= 4 is 18.2 Å². The molecule has 2 heterocycles. The number of nitrogens with one attached hydrogen (secondary N) is 1. The molecule has 12 heavy (non-hydrogen) atoms. The van der Waals surface area contributed by atoms with Gasteiger partial charge in [0.15, 0.2) is 0 Å². The second kappa shape index (κ2) is 3.35. The Kier molecular flexibility index (Phi) is 2.62. The number of halogens is 1. The van der Waals surface area contributed by atoms with Crippen LogP contribution in [0, 0.1) is 0 Å². The fourth-order valence-electron chi connectivity index (χ4n) is 1.70. The highest BCUT2D eigenvalue weighted by atomic mass is 35.5. The molecule has 0 aliphatic carbocycles. The molecule has 0 saturated heterocycles. The van der Waals surface area contributed by atoms with E-state index in [2.05, 4.69) is 24.3 Å². The van der Waals surface area contributed by atoms with E-state index in [9.17, 15) is 0 Å². The van der Waals surface area contributed by atoms with Crippen LogP contribution in [-0.4, -0.2) is 15.8 Å². The molecule has 0 aromatic carbocycles. The third-order valence-electron chi connectivity index (χ3n) is 2.18. The number of nitrogens with zero attached hydrogens (tertiary/aromatic N) is 2. The van der Waals surface area contributed by atoms with Gasteiger partial charge in [0.1, 0.15) is 5.82 Å². The van der Waals surface area contributed by atoms with Gasteiger partial charge in [-0.1, -0.05) is 0 Å². The van der Waals surface area contributed by atoms with Crippen molar-refractivity contribution in [3.63, 3.8) is 0 Å². The first-order chi connectivity index (χ1) is 5.27. The summed E-state index contributed by atoms with van der Waals surface area (Å²) in [6, 6.07) is 3.14. The summed E-state index contributed by atoms with van der Waals surface area (Å²) < 4.78 is 2.04. The molecule has 2 atom stereocenters. The van der Waals surface area contributed by atoms with Crippen LogP contribution in [0.15, 0.2) is 12.3 Å². The lowest BCUT2D eigenvalue weighted by Gasteiger charge is -2.27. The van der Waals surface area contributed by atoms with Crippen molar-refractivity contribution in [1.29, 1.82) is 0 Å². The van der Waals surface area contributed by atoms with Gasteiger partial charge in [0.25, 0.3) is 0 Å². The maximum Gasteiger partial charge on any atom is 0.124 e. The van der Waals surface area contributed by atoms with Crippen molar-refractivity contribution in [3.8, 4) is 0 Å². The van der Waals surface area contributed by atoms with Crippen molar-refractivity contribution in [1.82, 2.24) is 9.78 Å². The van der Waals surface area contributed by atoms with E-state index < -0.39 is 0 Å². The number of aromatic nitrogens is 2. The van der Waals surface area contributed by atoms with Gasteiger partial charge in [0.2, 0.25) is 0 Å². The molecule has 1 aromatic heterocycles. The number of anilines is 1. The van der Waals surface area contributed by atoms with Crippen molar-refractivity contribution in [2.24, 2.45) is 0 Å². The summed E-state index contributed by atoms with van der Waals surface area (Å²) >= 11 is 0. The first kappa shape index (κ1) is 9.39. The minimum atomic E-state index is 0. The first-order valence-corrected chi connectivity index (χ1v) is 4.07. The fourth-order valence-corrected chi connectivity index (χ4v) is 1.70. The van der Waals surface area contributed by atoms with Gasteiger partial charge < -0.3 is 5.32 Å². The molecule has 4 heteroatoms. The van der Waals surface area contributed by atoms with Crippen molar-refractivity contribution in [2.75, 3.05) is 5.32 Å². The first-order valence-electron chi connectivity index (χ1n) is 4.07. The molecule has 0 amide bonds. The van der Waals surface area contributed by atoms with Gasteiger partial charge in [0, 0.05) is 12.1 Å². The lowest BCUT2D eigenvalue weighted by Crippen LogP contribution is -2.28. The summed E-state index contributed by atoms with van der Waals surface area (Å²) in [7, 11) is 0. The average Bonchev–Trinajstić information content (AvgIpc) is 2.34. The maximum atomic E-state index is 4.23. The van der Waals surface area contributed by atoms with Crippen LogP contribution in [-0.2, 0) is 0 Å². The van der Waals surface area contributed by atoms with Gasteiger partial charge in [0.05, 0.1) is 12.2 Å². The largest absolute Gasteiger partial charge is 0.368 e. The minimum Gasteiger partial charge on any atom is -0.368 e. The molecule has 3 nitrogen and oxygen atoms in total. The predicted octanol–water partition coefficient (Wildman–Crippen LogP) is 2.07. The molecule has 1 aliphatic rings. The molecule has 0 unspecified atom stereocenters. The molecule has 0 saturated carbocycles. The lowest BCUT2D eigenvalue weighted by atomic mass is 10.1. The molecule has 1 aliphatic heterocycles. The van der Waals surface area contributed by atoms with Crippen LogP contribution in [0.1, 0.15) is 26.3 Å². The number of rotatable bonds is 0. The van der Waals surface area contributed by atoms with Crippen molar-refractivity contribution < 1.29 is 0 Å². The van der Waals surface area contributed by atoms with Crippen LogP contribution >= 0.6 is 12.4 Å². The molecular weight excluding hydrogens is 174 g/mol. The molecule has 1 N–H and O–H groups in total. The van der Waals surface area contributed by atoms with Gasteiger partial charge >= 0.3 is 0 Å². The smallest absolute Gasteiger partial charge is 0.124 e. The summed E-state index contributed by atoms with van der Waals surface area (Å²) in [5.74, 6) is 1.15. The van der Waals surface area contributed by atoms with E-state index in [-0.39, 0.29) is 12.4 Å². The zero-order chi connectivity index (χ0) is 7.84. The normalized spacial score (nSPS) is 26.8. The van der Waals surface area contributed by atoms with E-state index in [4.69, 9.17) is 0 Å². The Hall–Kier alpha value is -0.700. The third kappa shape index (κ3) is 1.41. The molecule has 68 valence electrons. The van der Waals surface area contributed by atoms with E-state index in [0.717, 1.165) is 12.2 Å². The van der Waals surface area contributed by atoms with Crippen molar-refractivity contribution in [3.05, 3.63) is 12.3 Å². The van der Waals surface area contributed by atoms with Gasteiger partial charge in [-0.2, -0.15) is 5.10 Å².